The maximum atomic E-state index is 12.1. The molecule has 0 saturated heterocycles. The van der Waals surface area contributed by atoms with Gasteiger partial charge in [0.15, 0.2) is 0 Å². The Balaban J connectivity index is 4.56. The Bertz CT molecular complexity index is 346. The highest BCUT2D eigenvalue weighted by molar-refractivity contribution is 5.87. The van der Waals surface area contributed by atoms with Gasteiger partial charge in [-0.3, -0.25) is 9.59 Å². The van der Waals surface area contributed by atoms with Crippen LogP contribution in [0.2, 0.25) is 0 Å². The zero-order chi connectivity index (χ0) is 16.8. The molecular formula is C16H33N3O2. The van der Waals surface area contributed by atoms with E-state index in [0.717, 1.165) is 6.42 Å². The second kappa shape index (κ2) is 8.37. The number of likely N-dealkylation sites (N-methyl/N-ethyl adjacent to an activating group) is 1. The molecule has 0 heterocycles. The van der Waals surface area contributed by atoms with Crippen molar-refractivity contribution in [3.63, 3.8) is 0 Å². The second-order valence-electron chi connectivity index (χ2n) is 7.71. The molecule has 0 spiro atoms. The van der Waals surface area contributed by atoms with Gasteiger partial charge in [-0.25, -0.2) is 0 Å². The average molecular weight is 299 g/mol. The first-order valence-electron chi connectivity index (χ1n) is 7.68. The van der Waals surface area contributed by atoms with Gasteiger partial charge in [0.1, 0.15) is 6.04 Å². The highest BCUT2D eigenvalue weighted by Crippen LogP contribution is 2.21. The zero-order valence-electron chi connectivity index (χ0n) is 14.7. The number of nitrogens with zero attached hydrogens (tertiary/aromatic N) is 1. The van der Waals surface area contributed by atoms with Crippen LogP contribution >= 0.6 is 0 Å². The highest BCUT2D eigenvalue weighted by Gasteiger charge is 2.25. The molecule has 0 rings (SSSR count). The molecule has 0 aliphatic carbocycles. The van der Waals surface area contributed by atoms with Gasteiger partial charge in [0.05, 0.1) is 0 Å². The van der Waals surface area contributed by atoms with Gasteiger partial charge in [-0.1, -0.05) is 34.6 Å². The first kappa shape index (κ1) is 19.9. The third kappa shape index (κ3) is 9.45. The van der Waals surface area contributed by atoms with E-state index in [9.17, 15) is 9.59 Å². The van der Waals surface area contributed by atoms with Crippen molar-refractivity contribution in [2.45, 2.75) is 66.0 Å². The molecule has 2 amide bonds. The highest BCUT2D eigenvalue weighted by atomic mass is 16.2. The van der Waals surface area contributed by atoms with Crippen molar-refractivity contribution < 1.29 is 9.59 Å². The van der Waals surface area contributed by atoms with Crippen molar-refractivity contribution in [1.82, 2.24) is 10.2 Å². The number of nitrogens with two attached hydrogens (primary N) is 1. The van der Waals surface area contributed by atoms with E-state index in [0.29, 0.717) is 12.3 Å². The van der Waals surface area contributed by atoms with Crippen molar-refractivity contribution >= 4 is 11.8 Å². The number of hydrogen-bond donors (Lipinski definition) is 2. The molecule has 3 N–H and O–H groups in total. The number of hydrogen-bond acceptors (Lipinski definition) is 3. The van der Waals surface area contributed by atoms with E-state index in [2.05, 4.69) is 26.1 Å². The van der Waals surface area contributed by atoms with E-state index in [1.807, 2.05) is 13.8 Å². The van der Waals surface area contributed by atoms with Crippen LogP contribution in [0.3, 0.4) is 0 Å². The van der Waals surface area contributed by atoms with Crippen LogP contribution in [0.25, 0.3) is 0 Å². The monoisotopic (exact) mass is 299 g/mol. The number of amides is 2. The minimum Gasteiger partial charge on any atom is -0.347 e. The number of nitrogens with one attached hydrogen (secondary N) is 1. The largest absolute Gasteiger partial charge is 0.347 e. The van der Waals surface area contributed by atoms with Gasteiger partial charge < -0.3 is 16.0 Å². The van der Waals surface area contributed by atoms with E-state index in [1.165, 1.54) is 4.90 Å². The second-order valence-corrected chi connectivity index (χ2v) is 7.71. The molecule has 5 heteroatoms. The normalized spacial score (nSPS) is 14.7. The summed E-state index contributed by atoms with van der Waals surface area (Å²) in [6.45, 7) is 10.4. The van der Waals surface area contributed by atoms with Gasteiger partial charge in [0.25, 0.3) is 0 Å². The van der Waals surface area contributed by atoms with Gasteiger partial charge in [-0.05, 0) is 24.2 Å². The van der Waals surface area contributed by atoms with Crippen LogP contribution in [-0.2, 0) is 9.59 Å². The fourth-order valence-corrected chi connectivity index (χ4v) is 2.35. The molecule has 0 bridgehead atoms. The SMILES string of the molecule is CC(C)CC(NC(=O)CC(N)CC(C)(C)C)C(=O)N(C)C. The van der Waals surface area contributed by atoms with Crippen LogP contribution < -0.4 is 11.1 Å². The van der Waals surface area contributed by atoms with Crippen molar-refractivity contribution in [1.29, 1.82) is 0 Å². The summed E-state index contributed by atoms with van der Waals surface area (Å²) in [6, 6.07) is -0.645. The molecule has 5 nitrogen and oxygen atoms in total. The van der Waals surface area contributed by atoms with E-state index < -0.39 is 6.04 Å². The van der Waals surface area contributed by atoms with Crippen molar-refractivity contribution in [3.8, 4) is 0 Å². The molecule has 0 aromatic carbocycles. The van der Waals surface area contributed by atoms with E-state index >= 15 is 0 Å². The molecule has 2 atom stereocenters. The van der Waals surface area contributed by atoms with E-state index in [1.54, 1.807) is 14.1 Å². The molecule has 0 saturated carbocycles. The Morgan fingerprint density at radius 3 is 2.10 bits per heavy atom. The van der Waals surface area contributed by atoms with Crippen molar-refractivity contribution in [2.24, 2.45) is 17.1 Å². The third-order valence-electron chi connectivity index (χ3n) is 3.10. The van der Waals surface area contributed by atoms with Crippen LogP contribution in [0, 0.1) is 11.3 Å². The molecule has 0 aromatic rings. The topological polar surface area (TPSA) is 75.4 Å². The maximum Gasteiger partial charge on any atom is 0.244 e. The van der Waals surface area contributed by atoms with Crippen LogP contribution in [0.1, 0.15) is 53.9 Å². The fourth-order valence-electron chi connectivity index (χ4n) is 2.35. The Morgan fingerprint density at radius 2 is 1.71 bits per heavy atom. The summed E-state index contributed by atoms with van der Waals surface area (Å²) in [5.74, 6) is 0.122. The number of carbonyl (C=O) groups is 2. The Kier molecular flexibility index (Phi) is 7.93. The minimum absolute atomic E-state index is 0.0681. The van der Waals surface area contributed by atoms with Crippen LogP contribution in [0.15, 0.2) is 0 Å². The quantitative estimate of drug-likeness (QED) is 0.752. The predicted molar refractivity (Wildman–Crippen MR) is 86.7 cm³/mol. The minimum atomic E-state index is -0.464. The summed E-state index contributed by atoms with van der Waals surface area (Å²) in [6.07, 6.45) is 1.67. The zero-order valence-corrected chi connectivity index (χ0v) is 14.7. The molecular weight excluding hydrogens is 266 g/mol. The Hall–Kier alpha value is -1.10. The van der Waals surface area contributed by atoms with Gasteiger partial charge >= 0.3 is 0 Å². The van der Waals surface area contributed by atoms with Gasteiger partial charge in [0.2, 0.25) is 11.8 Å². The van der Waals surface area contributed by atoms with Crippen molar-refractivity contribution in [3.05, 3.63) is 0 Å². The summed E-state index contributed by atoms with van der Waals surface area (Å²) in [5.41, 5.74) is 6.11. The smallest absolute Gasteiger partial charge is 0.244 e. The fraction of sp³-hybridized carbons (Fsp3) is 0.875. The standard InChI is InChI=1S/C16H33N3O2/c1-11(2)8-13(15(21)19(6)7)18-14(20)9-12(17)10-16(3,4)5/h11-13H,8-10,17H2,1-7H3,(H,18,20). The summed E-state index contributed by atoms with van der Waals surface area (Å²) in [7, 11) is 3.40. The maximum absolute atomic E-state index is 12.1. The number of carbonyl (C=O) groups excluding carboxylic acids is 2. The summed E-state index contributed by atoms with van der Waals surface area (Å²) >= 11 is 0. The molecule has 124 valence electrons. The third-order valence-corrected chi connectivity index (χ3v) is 3.10. The molecule has 2 unspecified atom stereocenters. The van der Waals surface area contributed by atoms with Crippen LogP contribution in [-0.4, -0.2) is 42.9 Å². The van der Waals surface area contributed by atoms with E-state index in [-0.39, 0.29) is 29.7 Å². The average Bonchev–Trinajstić information content (AvgIpc) is 2.22. The Labute approximate surface area is 129 Å². The van der Waals surface area contributed by atoms with Gasteiger partial charge in [-0.15, -0.1) is 0 Å². The lowest BCUT2D eigenvalue weighted by Gasteiger charge is -2.25. The molecule has 0 aliphatic heterocycles. The van der Waals surface area contributed by atoms with Gasteiger partial charge in [-0.2, -0.15) is 0 Å². The first-order chi connectivity index (χ1) is 9.42. The lowest BCUT2D eigenvalue weighted by molar-refractivity contribution is -0.135. The summed E-state index contributed by atoms with van der Waals surface area (Å²) in [5, 5.41) is 2.84. The van der Waals surface area contributed by atoms with Crippen LogP contribution in [0.5, 0.6) is 0 Å². The van der Waals surface area contributed by atoms with Crippen molar-refractivity contribution in [2.75, 3.05) is 14.1 Å². The molecule has 0 radical (unpaired) electrons. The lowest BCUT2D eigenvalue weighted by Crippen LogP contribution is -2.48. The molecule has 0 fully saturated rings. The predicted octanol–water partition coefficient (Wildman–Crippen LogP) is 1.76. The molecule has 21 heavy (non-hydrogen) atoms. The first-order valence-corrected chi connectivity index (χ1v) is 7.68. The summed E-state index contributed by atoms with van der Waals surface area (Å²) < 4.78 is 0. The molecule has 0 aliphatic rings. The lowest BCUT2D eigenvalue weighted by atomic mass is 9.87. The van der Waals surface area contributed by atoms with Gasteiger partial charge in [0, 0.05) is 26.6 Å². The molecule has 0 aromatic heterocycles. The number of rotatable bonds is 7. The van der Waals surface area contributed by atoms with E-state index in [4.69, 9.17) is 5.73 Å². The van der Waals surface area contributed by atoms with Crippen LogP contribution in [0.4, 0.5) is 0 Å². The Morgan fingerprint density at radius 1 is 1.19 bits per heavy atom. The summed E-state index contributed by atoms with van der Waals surface area (Å²) in [4.78, 5) is 25.7.